The quantitative estimate of drug-likeness (QED) is 0.171. The Labute approximate surface area is 179 Å². The van der Waals surface area contributed by atoms with E-state index in [1.807, 2.05) is 0 Å². The summed E-state index contributed by atoms with van der Waals surface area (Å²) in [6.45, 7) is 4.14. The monoisotopic (exact) mass is 438 g/mol. The fraction of sp³-hybridized carbons (Fsp3) is 0.100. The van der Waals surface area contributed by atoms with Crippen molar-refractivity contribution in [1.29, 1.82) is 0 Å². The van der Waals surface area contributed by atoms with Gasteiger partial charge in [0.15, 0.2) is 11.0 Å². The Hall–Kier alpha value is -3.86. The van der Waals surface area contributed by atoms with E-state index in [1.54, 1.807) is 41.0 Å². The van der Waals surface area contributed by atoms with Gasteiger partial charge in [-0.05, 0) is 24.3 Å². The molecule has 2 aromatic carbocycles. The highest BCUT2D eigenvalue weighted by molar-refractivity contribution is 7.98. The highest BCUT2D eigenvalue weighted by Gasteiger charge is 2.18. The van der Waals surface area contributed by atoms with Gasteiger partial charge >= 0.3 is 0 Å². The van der Waals surface area contributed by atoms with Crippen molar-refractivity contribution in [2.75, 3.05) is 0 Å². The number of benzene rings is 2. The molecule has 0 amide bonds. The number of aromatic nitrogens is 5. The summed E-state index contributed by atoms with van der Waals surface area (Å²) in [4.78, 5) is 14.6. The van der Waals surface area contributed by atoms with Crippen LogP contribution < -0.4 is 0 Å². The molecule has 0 aliphatic rings. The molecular weight excluding hydrogens is 423 g/mol. The Bertz CT molecular complexity index is 1240. The van der Waals surface area contributed by atoms with Crippen molar-refractivity contribution in [3.05, 3.63) is 83.0 Å². The fourth-order valence-electron chi connectivity index (χ4n) is 2.82. The number of nitro benzene ring substituents is 1. The lowest BCUT2D eigenvalue weighted by molar-refractivity contribution is -0.384. The molecule has 0 spiro atoms. The Balaban J connectivity index is 1.52. The van der Waals surface area contributed by atoms with E-state index >= 15 is 0 Å². The van der Waals surface area contributed by atoms with Gasteiger partial charge in [0.2, 0.25) is 11.7 Å². The number of nitro groups is 1. The minimum Gasteiger partial charge on any atom is -0.338 e. The molecule has 4 rings (SSSR count). The maximum absolute atomic E-state index is 14.2. The van der Waals surface area contributed by atoms with Crippen LogP contribution in [0.2, 0.25) is 0 Å². The lowest BCUT2D eigenvalue weighted by atomic mass is 10.2. The number of halogens is 1. The van der Waals surface area contributed by atoms with Crippen LogP contribution in [0.4, 0.5) is 10.1 Å². The summed E-state index contributed by atoms with van der Waals surface area (Å²) in [6, 6.07) is 12.2. The smallest absolute Gasteiger partial charge is 0.269 e. The third kappa shape index (κ3) is 4.36. The molecule has 0 atom stereocenters. The number of hydrogen-bond donors (Lipinski definition) is 0. The molecule has 0 bridgehead atoms. The summed E-state index contributed by atoms with van der Waals surface area (Å²) in [6.07, 6.45) is 1.68. The van der Waals surface area contributed by atoms with Crippen LogP contribution in [0.1, 0.15) is 5.89 Å². The molecule has 4 aromatic rings. The molecule has 0 fully saturated rings. The molecule has 156 valence electrons. The minimum atomic E-state index is -0.475. The molecule has 11 heteroatoms. The van der Waals surface area contributed by atoms with E-state index in [2.05, 4.69) is 26.9 Å². The topological polar surface area (TPSA) is 113 Å². The Kier molecular flexibility index (Phi) is 5.85. The molecule has 0 N–H and O–H groups in total. The number of rotatable bonds is 8. The zero-order valence-corrected chi connectivity index (χ0v) is 16.8. The van der Waals surface area contributed by atoms with Crippen LogP contribution in [0.5, 0.6) is 0 Å². The van der Waals surface area contributed by atoms with Crippen LogP contribution in [0.3, 0.4) is 0 Å². The average Bonchev–Trinajstić information content (AvgIpc) is 3.40. The predicted octanol–water partition coefficient (Wildman–Crippen LogP) is 4.52. The first-order chi connectivity index (χ1) is 15.1. The molecule has 0 radical (unpaired) electrons. The van der Waals surface area contributed by atoms with Gasteiger partial charge in [-0.3, -0.25) is 14.7 Å². The molecule has 0 unspecified atom stereocenters. The van der Waals surface area contributed by atoms with Crippen LogP contribution in [0.15, 0.2) is 70.9 Å². The van der Waals surface area contributed by atoms with Crippen LogP contribution in [0.25, 0.3) is 22.8 Å². The summed E-state index contributed by atoms with van der Waals surface area (Å²) < 4.78 is 21.2. The van der Waals surface area contributed by atoms with Gasteiger partial charge in [-0.2, -0.15) is 4.98 Å². The van der Waals surface area contributed by atoms with Gasteiger partial charge in [0, 0.05) is 24.2 Å². The van der Waals surface area contributed by atoms with E-state index in [0.717, 1.165) is 0 Å². The van der Waals surface area contributed by atoms with Gasteiger partial charge < -0.3 is 4.52 Å². The maximum atomic E-state index is 14.2. The first-order valence-electron chi connectivity index (χ1n) is 9.06. The Morgan fingerprint density at radius 3 is 2.68 bits per heavy atom. The highest BCUT2D eigenvalue weighted by Crippen LogP contribution is 2.28. The second kappa shape index (κ2) is 8.88. The van der Waals surface area contributed by atoms with Crippen molar-refractivity contribution < 1.29 is 13.8 Å². The van der Waals surface area contributed by atoms with Crippen molar-refractivity contribution in [2.45, 2.75) is 17.5 Å². The summed E-state index contributed by atoms with van der Waals surface area (Å²) in [5, 5.41) is 23.5. The van der Waals surface area contributed by atoms with Crippen molar-refractivity contribution in [3.8, 4) is 22.8 Å². The highest BCUT2D eigenvalue weighted by atomic mass is 32.2. The summed E-state index contributed by atoms with van der Waals surface area (Å²) >= 11 is 1.31. The number of allylic oxidation sites excluding steroid dienone is 1. The molecule has 0 saturated heterocycles. The van der Waals surface area contributed by atoms with Crippen molar-refractivity contribution in [3.63, 3.8) is 0 Å². The van der Waals surface area contributed by atoms with Crippen molar-refractivity contribution >= 4 is 17.4 Å². The third-order valence-electron chi connectivity index (χ3n) is 4.27. The molecular formula is C20H15FN6O3S. The fourth-order valence-corrected chi connectivity index (χ4v) is 3.61. The van der Waals surface area contributed by atoms with Gasteiger partial charge in [-0.25, -0.2) is 4.39 Å². The lowest BCUT2D eigenvalue weighted by Crippen LogP contribution is -2.01. The summed E-state index contributed by atoms with van der Waals surface area (Å²) in [5.74, 6) is 0.995. The summed E-state index contributed by atoms with van der Waals surface area (Å²) in [5.41, 5.74) is 0.930. The predicted molar refractivity (Wildman–Crippen MR) is 112 cm³/mol. The van der Waals surface area contributed by atoms with Crippen LogP contribution >= 0.6 is 11.8 Å². The first-order valence-corrected chi connectivity index (χ1v) is 10.0. The maximum Gasteiger partial charge on any atom is 0.269 e. The van der Waals surface area contributed by atoms with Gasteiger partial charge in [-0.1, -0.05) is 35.1 Å². The largest absolute Gasteiger partial charge is 0.338 e. The lowest BCUT2D eigenvalue weighted by Gasteiger charge is -2.07. The van der Waals surface area contributed by atoms with E-state index in [1.165, 1.54) is 30.0 Å². The standard InChI is InChI=1S/C20H15FN6O3S/c1-2-11-26-19(15-5-3-4-6-16(15)21)23-24-20(26)31-12-17-22-18(25-30-17)13-7-9-14(10-8-13)27(28)29/h2-10H,1,11-12H2. The van der Waals surface area contributed by atoms with Crippen molar-refractivity contribution in [1.82, 2.24) is 24.9 Å². The number of non-ortho nitro benzene ring substituents is 1. The molecule has 0 saturated carbocycles. The molecule has 0 aliphatic carbocycles. The van der Waals surface area contributed by atoms with Gasteiger partial charge in [0.25, 0.3) is 5.69 Å². The van der Waals surface area contributed by atoms with E-state index in [4.69, 9.17) is 4.52 Å². The molecule has 2 heterocycles. The zero-order chi connectivity index (χ0) is 21.8. The number of hydrogen-bond acceptors (Lipinski definition) is 8. The average molecular weight is 438 g/mol. The zero-order valence-electron chi connectivity index (χ0n) is 16.0. The second-order valence-corrected chi connectivity index (χ2v) is 7.23. The van der Waals surface area contributed by atoms with E-state index in [-0.39, 0.29) is 11.5 Å². The normalized spacial score (nSPS) is 10.9. The van der Waals surface area contributed by atoms with Crippen LogP contribution in [0, 0.1) is 15.9 Å². The van der Waals surface area contributed by atoms with Crippen LogP contribution in [-0.4, -0.2) is 29.8 Å². The van der Waals surface area contributed by atoms with Crippen LogP contribution in [-0.2, 0) is 12.3 Å². The molecule has 2 aromatic heterocycles. The van der Waals surface area contributed by atoms with Gasteiger partial charge in [-0.15, -0.1) is 16.8 Å². The second-order valence-electron chi connectivity index (χ2n) is 6.29. The van der Waals surface area contributed by atoms with E-state index in [0.29, 0.717) is 46.1 Å². The van der Waals surface area contributed by atoms with E-state index < -0.39 is 4.92 Å². The summed E-state index contributed by atoms with van der Waals surface area (Å²) in [7, 11) is 0. The minimum absolute atomic E-state index is 0.0183. The van der Waals surface area contributed by atoms with Gasteiger partial charge in [0.05, 0.1) is 16.2 Å². The Morgan fingerprint density at radius 2 is 1.97 bits per heavy atom. The Morgan fingerprint density at radius 1 is 1.19 bits per heavy atom. The SMILES string of the molecule is C=CCn1c(SCc2nc(-c3ccc([N+](=O)[O-])cc3)no2)nnc1-c1ccccc1F. The van der Waals surface area contributed by atoms with Gasteiger partial charge in [0.1, 0.15) is 5.82 Å². The third-order valence-corrected chi connectivity index (χ3v) is 5.22. The van der Waals surface area contributed by atoms with E-state index in [9.17, 15) is 14.5 Å². The molecule has 0 aliphatic heterocycles. The number of thioether (sulfide) groups is 1. The number of nitrogens with zero attached hydrogens (tertiary/aromatic N) is 6. The molecule has 31 heavy (non-hydrogen) atoms. The van der Waals surface area contributed by atoms with Crippen molar-refractivity contribution in [2.24, 2.45) is 0 Å². The molecule has 9 nitrogen and oxygen atoms in total. The first kappa shape index (κ1) is 20.4.